The van der Waals surface area contributed by atoms with Gasteiger partial charge in [-0.2, -0.15) is 5.10 Å². The average molecular weight is 435 g/mol. The number of anilines is 2. The van der Waals surface area contributed by atoms with Crippen LogP contribution in [0, 0.1) is 0 Å². The summed E-state index contributed by atoms with van der Waals surface area (Å²) >= 11 is 1.42. The molecule has 0 bridgehead atoms. The number of thioether (sulfide) groups is 1. The lowest BCUT2D eigenvalue weighted by Crippen LogP contribution is -2.34. The van der Waals surface area contributed by atoms with Crippen molar-refractivity contribution in [1.82, 2.24) is 15.2 Å². The molecule has 2 aromatic carbocycles. The van der Waals surface area contributed by atoms with Gasteiger partial charge in [-0.3, -0.25) is 14.7 Å². The summed E-state index contributed by atoms with van der Waals surface area (Å²) in [5.74, 6) is 0.625. The molecule has 156 valence electrons. The van der Waals surface area contributed by atoms with Crippen LogP contribution in [0.15, 0.2) is 58.4 Å². The monoisotopic (exact) mass is 435 g/mol. The van der Waals surface area contributed by atoms with Crippen LogP contribution in [0.4, 0.5) is 11.4 Å². The van der Waals surface area contributed by atoms with Gasteiger partial charge in [-0.15, -0.1) is 0 Å². The number of nitrogens with one attached hydrogen (secondary N) is 3. The lowest BCUT2D eigenvalue weighted by Gasteiger charge is -2.23. The Kier molecular flexibility index (Phi) is 4.83. The van der Waals surface area contributed by atoms with Crippen molar-refractivity contribution in [2.75, 3.05) is 10.6 Å². The molecule has 0 fully saturated rings. The molecule has 4 aromatic rings. The van der Waals surface area contributed by atoms with Crippen molar-refractivity contribution in [2.24, 2.45) is 0 Å². The quantitative estimate of drug-likeness (QED) is 0.407. The lowest BCUT2D eigenvalue weighted by atomic mass is 10.1. The van der Waals surface area contributed by atoms with Gasteiger partial charge in [-0.05, 0) is 31.2 Å². The predicted molar refractivity (Wildman–Crippen MR) is 115 cm³/mol. The van der Waals surface area contributed by atoms with Crippen molar-refractivity contribution in [1.29, 1.82) is 0 Å². The number of hydrogen-bond acceptors (Lipinski definition) is 7. The normalized spacial score (nSPS) is 15.3. The summed E-state index contributed by atoms with van der Waals surface area (Å²) in [5, 5.41) is 13.8. The highest BCUT2D eigenvalue weighted by molar-refractivity contribution is 7.98. The van der Waals surface area contributed by atoms with Gasteiger partial charge in [0.1, 0.15) is 17.7 Å². The fourth-order valence-electron chi connectivity index (χ4n) is 3.30. The fourth-order valence-corrected chi connectivity index (χ4v) is 4.11. The summed E-state index contributed by atoms with van der Waals surface area (Å²) in [6.45, 7) is 1.67. The molecule has 0 radical (unpaired) electrons. The van der Waals surface area contributed by atoms with E-state index in [2.05, 4.69) is 25.8 Å². The number of rotatable bonds is 5. The molecule has 2 aromatic heterocycles. The van der Waals surface area contributed by atoms with Gasteiger partial charge in [0.05, 0.1) is 5.69 Å². The van der Waals surface area contributed by atoms with Crippen LogP contribution >= 0.6 is 11.8 Å². The van der Waals surface area contributed by atoms with Gasteiger partial charge in [0, 0.05) is 22.4 Å². The summed E-state index contributed by atoms with van der Waals surface area (Å²) in [4.78, 5) is 29.1. The number of fused-ring (bicyclic) bond motifs is 2. The van der Waals surface area contributed by atoms with E-state index in [0.29, 0.717) is 33.6 Å². The number of ether oxygens (including phenoxy) is 1. The van der Waals surface area contributed by atoms with E-state index in [1.807, 2.05) is 24.3 Å². The maximum Gasteiger partial charge on any atom is 0.291 e. The van der Waals surface area contributed by atoms with E-state index in [1.165, 1.54) is 18.1 Å². The number of para-hydroxylation sites is 1. The molecule has 0 saturated carbocycles. The van der Waals surface area contributed by atoms with E-state index in [0.717, 1.165) is 10.9 Å². The molecular formula is C21H17N5O4S. The molecule has 3 heterocycles. The highest BCUT2D eigenvalue weighted by Gasteiger charge is 2.25. The molecule has 10 heteroatoms. The van der Waals surface area contributed by atoms with Crippen molar-refractivity contribution in [3.63, 3.8) is 0 Å². The zero-order valence-electron chi connectivity index (χ0n) is 16.3. The first-order valence-electron chi connectivity index (χ1n) is 9.50. The lowest BCUT2D eigenvalue weighted by molar-refractivity contribution is -0.122. The Bertz CT molecular complexity index is 1280. The molecule has 3 N–H and O–H groups in total. The van der Waals surface area contributed by atoms with Gasteiger partial charge in [-0.1, -0.05) is 30.0 Å². The molecule has 1 unspecified atom stereocenters. The van der Waals surface area contributed by atoms with Crippen molar-refractivity contribution < 1.29 is 18.7 Å². The first kappa shape index (κ1) is 19.2. The van der Waals surface area contributed by atoms with Crippen LogP contribution in [0.5, 0.6) is 5.75 Å². The van der Waals surface area contributed by atoms with Gasteiger partial charge in [0.2, 0.25) is 0 Å². The van der Waals surface area contributed by atoms with Gasteiger partial charge in [0.25, 0.3) is 11.8 Å². The number of benzene rings is 2. The molecular weight excluding hydrogens is 418 g/mol. The van der Waals surface area contributed by atoms with E-state index in [-0.39, 0.29) is 17.6 Å². The van der Waals surface area contributed by atoms with E-state index in [4.69, 9.17) is 9.15 Å². The van der Waals surface area contributed by atoms with Crippen LogP contribution in [0.2, 0.25) is 0 Å². The Morgan fingerprint density at radius 2 is 2.13 bits per heavy atom. The van der Waals surface area contributed by atoms with Crippen LogP contribution in [-0.4, -0.2) is 33.1 Å². The van der Waals surface area contributed by atoms with E-state index in [9.17, 15) is 9.59 Å². The molecule has 1 aliphatic rings. The van der Waals surface area contributed by atoms with E-state index < -0.39 is 6.10 Å². The van der Waals surface area contributed by atoms with Crippen molar-refractivity contribution in [3.05, 3.63) is 60.1 Å². The number of furan rings is 1. The van der Waals surface area contributed by atoms with Crippen LogP contribution in [0.1, 0.15) is 23.0 Å². The first-order chi connectivity index (χ1) is 15.1. The third-order valence-corrected chi connectivity index (χ3v) is 5.72. The fraction of sp³-hybridized carbons (Fsp3) is 0.143. The second-order valence-corrected chi connectivity index (χ2v) is 7.86. The Morgan fingerprint density at radius 3 is 2.97 bits per heavy atom. The summed E-state index contributed by atoms with van der Waals surface area (Å²) < 4.78 is 11.4. The summed E-state index contributed by atoms with van der Waals surface area (Å²) in [5.41, 5.74) is 2.40. The molecule has 1 atom stereocenters. The smallest absolute Gasteiger partial charge is 0.291 e. The minimum atomic E-state index is -0.562. The second-order valence-electron chi connectivity index (χ2n) is 6.90. The SMILES string of the molecule is CC1Oc2ccc(NC(=O)c3oc4ccccc4c3CSc3ncn[nH]3)cc2NC1=O. The summed E-state index contributed by atoms with van der Waals surface area (Å²) in [7, 11) is 0. The second kappa shape index (κ2) is 7.80. The van der Waals surface area contributed by atoms with Crippen LogP contribution in [0.25, 0.3) is 11.0 Å². The Hall–Kier alpha value is -3.79. The maximum absolute atomic E-state index is 13.1. The Morgan fingerprint density at radius 1 is 1.26 bits per heavy atom. The van der Waals surface area contributed by atoms with Gasteiger partial charge in [-0.25, -0.2) is 4.98 Å². The third-order valence-electron chi connectivity index (χ3n) is 4.82. The third kappa shape index (κ3) is 3.73. The van der Waals surface area contributed by atoms with E-state index in [1.54, 1.807) is 25.1 Å². The van der Waals surface area contributed by atoms with Crippen LogP contribution < -0.4 is 15.4 Å². The Labute approximate surface area is 180 Å². The minimum Gasteiger partial charge on any atom is -0.479 e. The zero-order valence-corrected chi connectivity index (χ0v) is 17.2. The molecule has 9 nitrogen and oxygen atoms in total. The van der Waals surface area contributed by atoms with Gasteiger partial charge in [0.15, 0.2) is 17.0 Å². The zero-order chi connectivity index (χ0) is 21.4. The highest BCUT2D eigenvalue weighted by Crippen LogP contribution is 2.34. The molecule has 2 amide bonds. The van der Waals surface area contributed by atoms with Crippen molar-refractivity contribution in [3.8, 4) is 5.75 Å². The molecule has 5 rings (SSSR count). The molecule has 0 saturated heterocycles. The standard InChI is InChI=1S/C21H17N5O4S/c1-11-19(27)25-15-8-12(6-7-17(15)29-11)24-20(28)18-14(9-31-21-22-10-23-26-21)13-4-2-3-5-16(13)30-18/h2-8,10-11H,9H2,1H3,(H,24,28)(H,25,27)(H,22,23,26). The highest BCUT2D eigenvalue weighted by atomic mass is 32.2. The number of hydrogen-bond donors (Lipinski definition) is 3. The largest absolute Gasteiger partial charge is 0.479 e. The number of H-pyrrole nitrogens is 1. The molecule has 0 spiro atoms. The number of aromatic amines is 1. The molecule has 1 aliphatic heterocycles. The van der Waals surface area contributed by atoms with Crippen LogP contribution in [-0.2, 0) is 10.5 Å². The number of nitrogens with zero attached hydrogens (tertiary/aromatic N) is 2. The number of carbonyl (C=O) groups excluding carboxylic acids is 2. The minimum absolute atomic E-state index is 0.222. The van der Waals surface area contributed by atoms with Gasteiger partial charge >= 0.3 is 0 Å². The number of amides is 2. The maximum atomic E-state index is 13.1. The van der Waals surface area contributed by atoms with E-state index >= 15 is 0 Å². The topological polar surface area (TPSA) is 122 Å². The van der Waals surface area contributed by atoms with Crippen molar-refractivity contribution >= 4 is 45.9 Å². The molecule has 0 aliphatic carbocycles. The molecule has 31 heavy (non-hydrogen) atoms. The van der Waals surface area contributed by atoms with Crippen LogP contribution in [0.3, 0.4) is 0 Å². The predicted octanol–water partition coefficient (Wildman–Crippen LogP) is 3.81. The number of carbonyl (C=O) groups is 2. The van der Waals surface area contributed by atoms with Crippen molar-refractivity contribution in [2.45, 2.75) is 23.9 Å². The number of aromatic nitrogens is 3. The Balaban J connectivity index is 1.42. The first-order valence-corrected chi connectivity index (χ1v) is 10.5. The van der Waals surface area contributed by atoms with Gasteiger partial charge < -0.3 is 19.8 Å². The summed E-state index contributed by atoms with van der Waals surface area (Å²) in [6.07, 6.45) is 0.871. The summed E-state index contributed by atoms with van der Waals surface area (Å²) in [6, 6.07) is 12.6. The average Bonchev–Trinajstić information content (AvgIpc) is 3.41.